The Balaban J connectivity index is 2.29. The Kier molecular flexibility index (Phi) is 2.45. The van der Waals surface area contributed by atoms with Gasteiger partial charge in [0.15, 0.2) is 0 Å². The van der Waals surface area contributed by atoms with E-state index in [1.165, 1.54) is 7.11 Å². The average molecular weight is 160 g/mol. The first-order chi connectivity index (χ1) is 5.24. The number of methoxy groups -OCH3 is 1. The maximum absolute atomic E-state index is 10.3. The standard InChI is InChI=1S/C4H5BO6/c1-8-2-9-5-10-3(6)4(7)11-5/h2H2,1H3. The second-order valence-electron chi connectivity index (χ2n) is 1.67. The van der Waals surface area contributed by atoms with E-state index in [0.717, 1.165) is 0 Å². The van der Waals surface area contributed by atoms with Crippen molar-refractivity contribution in [1.29, 1.82) is 0 Å². The van der Waals surface area contributed by atoms with Gasteiger partial charge in [-0.15, -0.1) is 0 Å². The third kappa shape index (κ3) is 1.92. The van der Waals surface area contributed by atoms with Crippen molar-refractivity contribution in [1.82, 2.24) is 0 Å². The van der Waals surface area contributed by atoms with Gasteiger partial charge >= 0.3 is 19.3 Å². The van der Waals surface area contributed by atoms with Crippen molar-refractivity contribution in [2.24, 2.45) is 0 Å². The first-order valence-corrected chi connectivity index (χ1v) is 2.76. The molecule has 0 aromatic carbocycles. The van der Waals surface area contributed by atoms with Crippen molar-refractivity contribution in [2.45, 2.75) is 0 Å². The van der Waals surface area contributed by atoms with Gasteiger partial charge in [-0.3, -0.25) is 0 Å². The Hall–Kier alpha value is -1.08. The van der Waals surface area contributed by atoms with Gasteiger partial charge in [-0.05, 0) is 0 Å². The molecule has 1 aliphatic heterocycles. The minimum Gasteiger partial charge on any atom is -0.465 e. The Morgan fingerprint density at radius 3 is 2.36 bits per heavy atom. The second kappa shape index (κ2) is 3.36. The Morgan fingerprint density at radius 1 is 1.36 bits per heavy atom. The fourth-order valence-electron chi connectivity index (χ4n) is 0.487. The van der Waals surface area contributed by atoms with Gasteiger partial charge in [0.05, 0.1) is 0 Å². The van der Waals surface area contributed by atoms with Gasteiger partial charge in [0, 0.05) is 7.11 Å². The van der Waals surface area contributed by atoms with Crippen molar-refractivity contribution in [2.75, 3.05) is 13.9 Å². The van der Waals surface area contributed by atoms with Gasteiger partial charge in [0.25, 0.3) is 0 Å². The minimum atomic E-state index is -1.25. The summed E-state index contributed by atoms with van der Waals surface area (Å²) in [5.41, 5.74) is 0. The minimum absolute atomic E-state index is 0.106. The molecule has 0 saturated carbocycles. The van der Waals surface area contributed by atoms with Crippen molar-refractivity contribution >= 4 is 19.3 Å². The summed E-state index contributed by atoms with van der Waals surface area (Å²) < 4.78 is 17.6. The molecule has 0 aliphatic carbocycles. The van der Waals surface area contributed by atoms with E-state index >= 15 is 0 Å². The third-order valence-corrected chi connectivity index (χ3v) is 0.895. The summed E-state index contributed by atoms with van der Waals surface area (Å²) in [7, 11) is 0.133. The highest BCUT2D eigenvalue weighted by Gasteiger charge is 2.43. The van der Waals surface area contributed by atoms with E-state index in [0.29, 0.717) is 0 Å². The first-order valence-electron chi connectivity index (χ1n) is 2.76. The molecule has 0 aromatic heterocycles. The van der Waals surface area contributed by atoms with Crippen molar-refractivity contribution < 1.29 is 28.3 Å². The molecular formula is C4H5BO6. The SMILES string of the molecule is COCOB1OC(=O)C(=O)O1. The van der Waals surface area contributed by atoms with Crippen LogP contribution in [0.4, 0.5) is 0 Å². The van der Waals surface area contributed by atoms with Crippen LogP contribution in [0.5, 0.6) is 0 Å². The van der Waals surface area contributed by atoms with Crippen LogP contribution in [0.1, 0.15) is 0 Å². The van der Waals surface area contributed by atoms with E-state index in [9.17, 15) is 9.59 Å². The van der Waals surface area contributed by atoms with Gasteiger partial charge in [0.2, 0.25) is 0 Å². The van der Waals surface area contributed by atoms with Crippen molar-refractivity contribution in [3.63, 3.8) is 0 Å². The van der Waals surface area contributed by atoms with Crippen LogP contribution < -0.4 is 0 Å². The summed E-state index contributed by atoms with van der Waals surface area (Å²) in [6, 6.07) is 0. The smallest absolute Gasteiger partial charge is 0.465 e. The zero-order valence-electron chi connectivity index (χ0n) is 5.73. The van der Waals surface area contributed by atoms with E-state index in [1.807, 2.05) is 0 Å². The summed E-state index contributed by atoms with van der Waals surface area (Å²) in [5.74, 6) is -2.10. The zero-order valence-corrected chi connectivity index (χ0v) is 5.73. The lowest BCUT2D eigenvalue weighted by Gasteiger charge is -2.00. The fraction of sp³-hybridized carbons (Fsp3) is 0.500. The number of carbonyl (C=O) groups excluding carboxylic acids is 2. The molecule has 0 atom stereocenters. The van der Waals surface area contributed by atoms with E-state index in [4.69, 9.17) is 0 Å². The van der Waals surface area contributed by atoms with Crippen LogP contribution in [-0.4, -0.2) is 33.2 Å². The molecular weight excluding hydrogens is 155 g/mol. The van der Waals surface area contributed by atoms with Crippen molar-refractivity contribution in [3.8, 4) is 0 Å². The fourth-order valence-corrected chi connectivity index (χ4v) is 0.487. The van der Waals surface area contributed by atoms with Crippen LogP contribution in [0.25, 0.3) is 0 Å². The van der Waals surface area contributed by atoms with Crippen LogP contribution in [0.3, 0.4) is 0 Å². The molecule has 1 fully saturated rings. The molecule has 0 spiro atoms. The second-order valence-corrected chi connectivity index (χ2v) is 1.67. The van der Waals surface area contributed by atoms with Crippen LogP contribution in [0.15, 0.2) is 0 Å². The average Bonchev–Trinajstić information content (AvgIpc) is 2.28. The maximum Gasteiger partial charge on any atom is 0.794 e. The summed E-state index contributed by atoms with van der Waals surface area (Å²) in [6.07, 6.45) is 0. The summed E-state index contributed by atoms with van der Waals surface area (Å²) in [6.45, 7) is -0.106. The summed E-state index contributed by atoms with van der Waals surface area (Å²) in [4.78, 5) is 20.7. The highest BCUT2D eigenvalue weighted by Crippen LogP contribution is 2.03. The molecule has 0 unspecified atom stereocenters. The molecule has 0 N–H and O–H groups in total. The summed E-state index contributed by atoms with van der Waals surface area (Å²) >= 11 is 0. The van der Waals surface area contributed by atoms with E-state index < -0.39 is 19.3 Å². The lowest BCUT2D eigenvalue weighted by molar-refractivity contribution is -0.150. The van der Waals surface area contributed by atoms with Crippen LogP contribution in [-0.2, 0) is 28.3 Å². The molecule has 1 saturated heterocycles. The molecule has 6 nitrogen and oxygen atoms in total. The highest BCUT2D eigenvalue weighted by molar-refractivity contribution is 6.55. The zero-order chi connectivity index (χ0) is 8.27. The predicted molar refractivity (Wildman–Crippen MR) is 30.9 cm³/mol. The van der Waals surface area contributed by atoms with Crippen molar-refractivity contribution in [3.05, 3.63) is 0 Å². The molecule has 1 aliphatic rings. The summed E-state index contributed by atoms with van der Waals surface area (Å²) in [5, 5.41) is 0. The van der Waals surface area contributed by atoms with Crippen LogP contribution in [0.2, 0.25) is 0 Å². The number of rotatable bonds is 3. The van der Waals surface area contributed by atoms with E-state index in [2.05, 4.69) is 18.7 Å². The number of hydrogen-bond acceptors (Lipinski definition) is 6. The predicted octanol–water partition coefficient (Wildman–Crippen LogP) is -1.31. The first kappa shape index (κ1) is 8.03. The third-order valence-electron chi connectivity index (χ3n) is 0.895. The van der Waals surface area contributed by atoms with Gasteiger partial charge in [0.1, 0.15) is 6.79 Å². The molecule has 0 radical (unpaired) electrons. The lowest BCUT2D eigenvalue weighted by Crippen LogP contribution is -2.21. The number of hydrogen-bond donors (Lipinski definition) is 0. The van der Waals surface area contributed by atoms with Crippen LogP contribution >= 0.6 is 0 Å². The van der Waals surface area contributed by atoms with Gasteiger partial charge in [-0.25, -0.2) is 9.59 Å². The van der Waals surface area contributed by atoms with Gasteiger partial charge in [-0.1, -0.05) is 0 Å². The molecule has 1 heterocycles. The van der Waals surface area contributed by atoms with Gasteiger partial charge < -0.3 is 18.7 Å². The molecule has 60 valence electrons. The molecule has 0 bridgehead atoms. The quantitative estimate of drug-likeness (QED) is 0.290. The lowest BCUT2D eigenvalue weighted by atomic mass is 10.2. The maximum atomic E-state index is 10.3. The molecule has 7 heteroatoms. The van der Waals surface area contributed by atoms with Gasteiger partial charge in [-0.2, -0.15) is 0 Å². The monoisotopic (exact) mass is 160 g/mol. The highest BCUT2D eigenvalue weighted by atomic mass is 16.8. The number of carbonyl (C=O) groups is 2. The molecule has 1 rings (SSSR count). The normalized spacial score (nSPS) is 16.6. The molecule has 0 aromatic rings. The molecule has 0 amide bonds. The largest absolute Gasteiger partial charge is 0.794 e. The topological polar surface area (TPSA) is 71.1 Å². The van der Waals surface area contributed by atoms with E-state index in [-0.39, 0.29) is 6.79 Å². The number of ether oxygens (including phenoxy) is 1. The molecule has 11 heavy (non-hydrogen) atoms. The Labute approximate surface area is 62.5 Å². The Morgan fingerprint density at radius 2 is 1.91 bits per heavy atom. The Bertz CT molecular complexity index is 163. The van der Waals surface area contributed by atoms with Crippen LogP contribution in [0, 0.1) is 0 Å². The van der Waals surface area contributed by atoms with E-state index in [1.54, 1.807) is 0 Å².